The second kappa shape index (κ2) is 7.41. The maximum absolute atomic E-state index is 11.1. The fourth-order valence-electron chi connectivity index (χ4n) is 1.74. The average Bonchev–Trinajstić information content (AvgIpc) is 2.42. The van der Waals surface area contributed by atoms with E-state index in [1.54, 1.807) is 4.90 Å². The summed E-state index contributed by atoms with van der Waals surface area (Å²) in [6.07, 6.45) is 0. The Kier molecular flexibility index (Phi) is 5.88. The van der Waals surface area contributed by atoms with Crippen molar-refractivity contribution in [3.05, 3.63) is 33.9 Å². The highest BCUT2D eigenvalue weighted by molar-refractivity contribution is 5.93. The molecule has 0 radical (unpaired) electrons. The molecule has 8 heteroatoms. The lowest BCUT2D eigenvalue weighted by molar-refractivity contribution is -0.385. The molecule has 0 spiro atoms. The quantitative estimate of drug-likeness (QED) is 0.534. The Hall–Kier alpha value is -2.19. The lowest BCUT2D eigenvalue weighted by atomic mass is 10.1. The molecule has 0 amide bonds. The van der Waals surface area contributed by atoms with E-state index in [-0.39, 0.29) is 18.7 Å². The van der Waals surface area contributed by atoms with Crippen LogP contribution < -0.4 is 4.90 Å². The first-order chi connectivity index (χ1) is 9.51. The molecule has 0 fully saturated rings. The number of nitro groups is 1. The fourth-order valence-corrected chi connectivity index (χ4v) is 1.74. The number of carboxylic acid groups (broad SMARTS) is 1. The third-order valence-corrected chi connectivity index (χ3v) is 2.71. The summed E-state index contributed by atoms with van der Waals surface area (Å²) < 4.78 is 4.93. The summed E-state index contributed by atoms with van der Waals surface area (Å²) in [5, 5.41) is 28.8. The van der Waals surface area contributed by atoms with Crippen molar-refractivity contribution in [3.8, 4) is 0 Å². The summed E-state index contributed by atoms with van der Waals surface area (Å²) in [7, 11) is 1.52. The lowest BCUT2D eigenvalue weighted by Gasteiger charge is -2.23. The third-order valence-electron chi connectivity index (χ3n) is 2.71. The average molecular weight is 284 g/mol. The van der Waals surface area contributed by atoms with Crippen LogP contribution in [0, 0.1) is 10.1 Å². The summed E-state index contributed by atoms with van der Waals surface area (Å²) in [6, 6.07) is 3.83. The van der Waals surface area contributed by atoms with Crippen molar-refractivity contribution >= 4 is 17.3 Å². The summed E-state index contributed by atoms with van der Waals surface area (Å²) in [6.45, 7) is 0.983. The molecule has 8 nitrogen and oxygen atoms in total. The second-order valence-corrected chi connectivity index (χ2v) is 3.97. The van der Waals surface area contributed by atoms with Gasteiger partial charge in [-0.1, -0.05) is 0 Å². The Balaban J connectivity index is 3.13. The lowest BCUT2D eigenvalue weighted by Crippen LogP contribution is -2.30. The van der Waals surface area contributed by atoms with Crippen molar-refractivity contribution in [2.45, 2.75) is 0 Å². The molecule has 0 aromatic heterocycles. The van der Waals surface area contributed by atoms with Gasteiger partial charge in [0, 0.05) is 32.0 Å². The molecule has 1 rings (SSSR count). The van der Waals surface area contributed by atoms with Crippen LogP contribution in [0.4, 0.5) is 11.4 Å². The SMILES string of the molecule is COCCN(CCO)c1ccc([N+](=O)[O-])c(C(=O)O)c1. The normalized spacial score (nSPS) is 10.3. The summed E-state index contributed by atoms with van der Waals surface area (Å²) >= 11 is 0. The highest BCUT2D eigenvalue weighted by Crippen LogP contribution is 2.25. The van der Waals surface area contributed by atoms with Crippen molar-refractivity contribution in [2.24, 2.45) is 0 Å². The number of nitro benzene ring substituents is 1. The first-order valence-electron chi connectivity index (χ1n) is 5.87. The van der Waals surface area contributed by atoms with E-state index in [2.05, 4.69) is 0 Å². The zero-order valence-electron chi connectivity index (χ0n) is 11.0. The molecular formula is C12H16N2O6. The Bertz CT molecular complexity index is 491. The minimum absolute atomic E-state index is 0.122. The molecule has 1 aromatic rings. The van der Waals surface area contributed by atoms with Gasteiger partial charge in [0.05, 0.1) is 18.1 Å². The molecule has 0 heterocycles. The monoisotopic (exact) mass is 284 g/mol. The smallest absolute Gasteiger partial charge is 0.342 e. The Morgan fingerprint density at radius 1 is 1.45 bits per heavy atom. The molecule has 2 N–H and O–H groups in total. The fraction of sp³-hybridized carbons (Fsp3) is 0.417. The number of carbonyl (C=O) groups is 1. The van der Waals surface area contributed by atoms with Crippen molar-refractivity contribution < 1.29 is 24.7 Å². The number of carboxylic acids is 1. The molecular weight excluding hydrogens is 268 g/mol. The second-order valence-electron chi connectivity index (χ2n) is 3.97. The number of hydrogen-bond acceptors (Lipinski definition) is 6. The molecule has 0 bridgehead atoms. The number of benzene rings is 1. The first-order valence-corrected chi connectivity index (χ1v) is 5.87. The minimum atomic E-state index is -1.37. The van der Waals surface area contributed by atoms with Crippen LogP contribution in [-0.2, 0) is 4.74 Å². The third kappa shape index (κ3) is 3.90. The molecule has 0 saturated carbocycles. The van der Waals surface area contributed by atoms with Gasteiger partial charge < -0.3 is 19.8 Å². The maximum Gasteiger partial charge on any atom is 0.342 e. The molecule has 0 unspecified atom stereocenters. The Labute approximate surface area is 115 Å². The van der Waals surface area contributed by atoms with Crippen LogP contribution in [0.25, 0.3) is 0 Å². The molecule has 1 aromatic carbocycles. The van der Waals surface area contributed by atoms with Crippen LogP contribution >= 0.6 is 0 Å². The topological polar surface area (TPSA) is 113 Å². The van der Waals surface area contributed by atoms with Gasteiger partial charge in [-0.05, 0) is 12.1 Å². The van der Waals surface area contributed by atoms with E-state index in [9.17, 15) is 14.9 Å². The van der Waals surface area contributed by atoms with Crippen molar-refractivity contribution in [1.29, 1.82) is 0 Å². The van der Waals surface area contributed by atoms with Crippen molar-refractivity contribution in [1.82, 2.24) is 0 Å². The molecule has 20 heavy (non-hydrogen) atoms. The Morgan fingerprint density at radius 3 is 2.65 bits per heavy atom. The van der Waals surface area contributed by atoms with Crippen LogP contribution in [0.1, 0.15) is 10.4 Å². The van der Waals surface area contributed by atoms with E-state index in [4.69, 9.17) is 14.9 Å². The zero-order valence-corrected chi connectivity index (χ0v) is 11.0. The summed E-state index contributed by atoms with van der Waals surface area (Å²) in [4.78, 5) is 22.8. The van der Waals surface area contributed by atoms with Gasteiger partial charge >= 0.3 is 5.97 Å². The van der Waals surface area contributed by atoms with Crippen molar-refractivity contribution in [3.63, 3.8) is 0 Å². The van der Waals surface area contributed by atoms with Gasteiger partial charge in [0.2, 0.25) is 0 Å². The molecule has 0 saturated heterocycles. The van der Waals surface area contributed by atoms with E-state index in [1.165, 1.54) is 19.2 Å². The molecule has 0 aliphatic heterocycles. The van der Waals surface area contributed by atoms with Gasteiger partial charge in [0.25, 0.3) is 5.69 Å². The highest BCUT2D eigenvalue weighted by Gasteiger charge is 2.21. The zero-order chi connectivity index (χ0) is 15.1. The number of ether oxygens (including phenoxy) is 1. The summed E-state index contributed by atoms with van der Waals surface area (Å²) in [5.41, 5.74) is -0.358. The van der Waals surface area contributed by atoms with Gasteiger partial charge in [-0.15, -0.1) is 0 Å². The van der Waals surface area contributed by atoms with E-state index in [0.717, 1.165) is 6.07 Å². The molecule has 0 atom stereocenters. The van der Waals surface area contributed by atoms with Crippen LogP contribution in [-0.4, -0.2) is 54.5 Å². The van der Waals surface area contributed by atoms with Gasteiger partial charge in [-0.2, -0.15) is 0 Å². The number of aliphatic hydroxyl groups excluding tert-OH is 1. The number of methoxy groups -OCH3 is 1. The van der Waals surface area contributed by atoms with Gasteiger partial charge in [0.15, 0.2) is 0 Å². The minimum Gasteiger partial charge on any atom is -0.477 e. The predicted octanol–water partition coefficient (Wildman–Crippen LogP) is 0.738. The van der Waals surface area contributed by atoms with Gasteiger partial charge in [-0.3, -0.25) is 10.1 Å². The van der Waals surface area contributed by atoms with E-state index in [1.807, 2.05) is 0 Å². The van der Waals surface area contributed by atoms with Crippen LogP contribution in [0.3, 0.4) is 0 Å². The number of hydrogen-bond donors (Lipinski definition) is 2. The van der Waals surface area contributed by atoms with Gasteiger partial charge in [-0.25, -0.2) is 4.79 Å². The standard InChI is InChI=1S/C12H16N2O6/c1-20-7-5-13(4-6-15)9-2-3-11(14(18)19)10(8-9)12(16)17/h2-3,8,15H,4-7H2,1H3,(H,16,17). The maximum atomic E-state index is 11.1. The first kappa shape index (κ1) is 15.9. The Morgan fingerprint density at radius 2 is 2.15 bits per heavy atom. The number of rotatable bonds is 8. The van der Waals surface area contributed by atoms with E-state index < -0.39 is 16.6 Å². The molecule has 0 aliphatic carbocycles. The number of aromatic carboxylic acids is 1. The largest absolute Gasteiger partial charge is 0.477 e. The van der Waals surface area contributed by atoms with Crippen LogP contribution in [0.2, 0.25) is 0 Å². The van der Waals surface area contributed by atoms with Crippen LogP contribution in [0.15, 0.2) is 18.2 Å². The molecule has 0 aliphatic rings. The van der Waals surface area contributed by atoms with Crippen molar-refractivity contribution in [2.75, 3.05) is 38.3 Å². The van der Waals surface area contributed by atoms with Crippen LogP contribution in [0.5, 0.6) is 0 Å². The number of nitrogens with zero attached hydrogens (tertiary/aromatic N) is 2. The number of anilines is 1. The summed E-state index contributed by atoms with van der Waals surface area (Å²) in [5.74, 6) is -1.37. The molecule has 110 valence electrons. The van der Waals surface area contributed by atoms with E-state index in [0.29, 0.717) is 18.8 Å². The van der Waals surface area contributed by atoms with Gasteiger partial charge in [0.1, 0.15) is 5.56 Å². The number of aliphatic hydroxyl groups is 1. The highest BCUT2D eigenvalue weighted by atomic mass is 16.6. The predicted molar refractivity (Wildman–Crippen MR) is 71.2 cm³/mol. The van der Waals surface area contributed by atoms with E-state index >= 15 is 0 Å².